The smallest absolute Gasteiger partial charge is 0.0659 e. The summed E-state index contributed by atoms with van der Waals surface area (Å²) in [5, 5.41) is 0.732. The number of halogens is 1. The molecule has 0 aliphatic heterocycles. The van der Waals surface area contributed by atoms with E-state index < -0.39 is 0 Å². The number of rotatable bonds is 3. The van der Waals surface area contributed by atoms with Crippen LogP contribution in [0.3, 0.4) is 0 Å². The lowest BCUT2D eigenvalue weighted by molar-refractivity contribution is 0.690. The summed E-state index contributed by atoms with van der Waals surface area (Å²) in [5.74, 6) is 0. The molecular formula is C19H18ClN3. The number of nitrogens with one attached hydrogen (secondary N) is 2. The minimum Gasteiger partial charge on any atom is -0.360 e. The van der Waals surface area contributed by atoms with Gasteiger partial charge in [-0.15, -0.1) is 0 Å². The highest BCUT2D eigenvalue weighted by Gasteiger charge is 2.20. The quantitative estimate of drug-likeness (QED) is 0.615. The molecule has 4 rings (SSSR count). The fraction of sp³-hybridized carbons (Fsp3) is 0.211. The molecule has 23 heavy (non-hydrogen) atoms. The third-order valence-electron chi connectivity index (χ3n) is 4.39. The fourth-order valence-corrected chi connectivity index (χ4v) is 3.38. The van der Waals surface area contributed by atoms with Crippen LogP contribution >= 0.6 is 11.6 Å². The number of hydrogen-bond acceptors (Lipinski definition) is 1. The van der Waals surface area contributed by atoms with Gasteiger partial charge in [0.1, 0.15) is 0 Å². The van der Waals surface area contributed by atoms with Crippen molar-refractivity contribution in [3.05, 3.63) is 64.4 Å². The number of fused-ring (bicyclic) bond motifs is 1. The Hall–Kier alpha value is -2.26. The van der Waals surface area contributed by atoms with Gasteiger partial charge in [-0.05, 0) is 73.2 Å². The van der Waals surface area contributed by atoms with Crippen molar-refractivity contribution < 1.29 is 0 Å². The summed E-state index contributed by atoms with van der Waals surface area (Å²) in [5.41, 5.74) is 7.25. The Bertz CT molecular complexity index is 826. The first-order valence-corrected chi connectivity index (χ1v) is 8.36. The number of H-pyrrole nitrogens is 2. The lowest BCUT2D eigenvalue weighted by Gasteiger charge is -2.12. The van der Waals surface area contributed by atoms with Gasteiger partial charge in [0, 0.05) is 11.2 Å². The van der Waals surface area contributed by atoms with Crippen molar-refractivity contribution in [2.75, 3.05) is 0 Å². The molecule has 0 saturated carbocycles. The predicted octanol–water partition coefficient (Wildman–Crippen LogP) is 5.29. The molecular weight excluding hydrogens is 306 g/mol. The number of nitrogens with zero attached hydrogens (tertiary/aromatic N) is 1. The van der Waals surface area contributed by atoms with Gasteiger partial charge >= 0.3 is 0 Å². The van der Waals surface area contributed by atoms with E-state index in [9.17, 15) is 0 Å². The molecule has 2 aromatic heterocycles. The van der Waals surface area contributed by atoms with Crippen molar-refractivity contribution in [2.24, 2.45) is 4.99 Å². The molecule has 116 valence electrons. The van der Waals surface area contributed by atoms with Gasteiger partial charge in [0.2, 0.25) is 0 Å². The van der Waals surface area contributed by atoms with Gasteiger partial charge in [0.25, 0.3) is 0 Å². The van der Waals surface area contributed by atoms with Gasteiger partial charge in [-0.1, -0.05) is 11.6 Å². The van der Waals surface area contributed by atoms with Crippen LogP contribution in [0, 0.1) is 0 Å². The Labute approximate surface area is 140 Å². The standard InChI is InChI=1S/C19H18ClN3/c20-13-7-9-14(10-8-13)22-12-18-15-4-1-2-5-16(15)19(23-18)17-6-3-11-21-17/h3,6-12,21,23H,1-2,4-5H2. The van der Waals surface area contributed by atoms with Crippen molar-refractivity contribution in [2.45, 2.75) is 25.7 Å². The number of aromatic nitrogens is 2. The third kappa shape index (κ3) is 2.84. The van der Waals surface area contributed by atoms with Crippen LogP contribution in [-0.4, -0.2) is 16.2 Å². The highest BCUT2D eigenvalue weighted by molar-refractivity contribution is 6.30. The summed E-state index contributed by atoms with van der Waals surface area (Å²) >= 11 is 5.92. The van der Waals surface area contributed by atoms with Gasteiger partial charge in [-0.3, -0.25) is 4.99 Å². The van der Waals surface area contributed by atoms with E-state index in [1.165, 1.54) is 29.7 Å². The van der Waals surface area contributed by atoms with Crippen molar-refractivity contribution in [1.82, 2.24) is 9.97 Å². The Kier molecular flexibility index (Phi) is 3.80. The van der Waals surface area contributed by atoms with E-state index >= 15 is 0 Å². The second-order valence-electron chi connectivity index (χ2n) is 5.90. The molecule has 1 aromatic carbocycles. The predicted molar refractivity (Wildman–Crippen MR) is 95.9 cm³/mol. The lowest BCUT2D eigenvalue weighted by Crippen LogP contribution is -2.02. The molecule has 0 bridgehead atoms. The van der Waals surface area contributed by atoms with Crippen LogP contribution in [-0.2, 0) is 12.8 Å². The topological polar surface area (TPSA) is 43.9 Å². The van der Waals surface area contributed by atoms with Crippen LogP contribution in [0.25, 0.3) is 11.4 Å². The zero-order chi connectivity index (χ0) is 15.6. The van der Waals surface area contributed by atoms with Crippen LogP contribution in [0.1, 0.15) is 29.7 Å². The molecule has 0 saturated heterocycles. The van der Waals surface area contributed by atoms with Crippen molar-refractivity contribution in [1.29, 1.82) is 0 Å². The van der Waals surface area contributed by atoms with Crippen molar-refractivity contribution >= 4 is 23.5 Å². The molecule has 0 fully saturated rings. The van der Waals surface area contributed by atoms with Gasteiger partial charge in [-0.25, -0.2) is 0 Å². The van der Waals surface area contributed by atoms with Crippen LogP contribution in [0.15, 0.2) is 47.6 Å². The maximum atomic E-state index is 5.92. The summed E-state index contributed by atoms with van der Waals surface area (Å²) in [6.07, 6.45) is 8.67. The van der Waals surface area contributed by atoms with Crippen LogP contribution in [0.4, 0.5) is 5.69 Å². The molecule has 0 unspecified atom stereocenters. The zero-order valence-electron chi connectivity index (χ0n) is 12.8. The third-order valence-corrected chi connectivity index (χ3v) is 4.64. The number of aromatic amines is 2. The summed E-state index contributed by atoms with van der Waals surface area (Å²) < 4.78 is 0. The number of hydrogen-bond donors (Lipinski definition) is 2. The van der Waals surface area contributed by atoms with E-state index in [1.54, 1.807) is 0 Å². The summed E-state index contributed by atoms with van der Waals surface area (Å²) in [6.45, 7) is 0. The largest absolute Gasteiger partial charge is 0.360 e. The summed E-state index contributed by atoms with van der Waals surface area (Å²) in [6, 6.07) is 11.7. The van der Waals surface area contributed by atoms with E-state index in [0.29, 0.717) is 0 Å². The average molecular weight is 324 g/mol. The monoisotopic (exact) mass is 323 g/mol. The molecule has 4 heteroatoms. The molecule has 1 aliphatic rings. The van der Waals surface area contributed by atoms with Gasteiger partial charge < -0.3 is 9.97 Å². The number of aliphatic imine (C=N–C) groups is 1. The molecule has 0 atom stereocenters. The number of benzene rings is 1. The normalized spacial score (nSPS) is 14.3. The molecule has 0 spiro atoms. The maximum Gasteiger partial charge on any atom is 0.0659 e. The second kappa shape index (κ2) is 6.09. The van der Waals surface area contributed by atoms with E-state index in [1.807, 2.05) is 42.7 Å². The fourth-order valence-electron chi connectivity index (χ4n) is 3.26. The molecule has 3 nitrogen and oxygen atoms in total. The minimum absolute atomic E-state index is 0.732. The Morgan fingerprint density at radius 2 is 1.78 bits per heavy atom. The first-order valence-electron chi connectivity index (χ1n) is 7.98. The molecule has 2 heterocycles. The Balaban J connectivity index is 1.72. The van der Waals surface area contributed by atoms with Gasteiger partial charge in [-0.2, -0.15) is 0 Å². The van der Waals surface area contributed by atoms with Crippen molar-refractivity contribution in [3.63, 3.8) is 0 Å². The Morgan fingerprint density at radius 3 is 2.52 bits per heavy atom. The van der Waals surface area contributed by atoms with E-state index in [4.69, 9.17) is 11.6 Å². The van der Waals surface area contributed by atoms with Crippen LogP contribution in [0.2, 0.25) is 5.02 Å². The van der Waals surface area contributed by atoms with Crippen molar-refractivity contribution in [3.8, 4) is 11.4 Å². The molecule has 0 radical (unpaired) electrons. The molecule has 1 aliphatic carbocycles. The average Bonchev–Trinajstić information content (AvgIpc) is 3.22. The van der Waals surface area contributed by atoms with Gasteiger partial charge in [0.15, 0.2) is 0 Å². The summed E-state index contributed by atoms with van der Waals surface area (Å²) in [7, 11) is 0. The van der Waals surface area contributed by atoms with E-state index in [0.717, 1.165) is 34.9 Å². The van der Waals surface area contributed by atoms with E-state index in [2.05, 4.69) is 21.0 Å². The highest BCUT2D eigenvalue weighted by atomic mass is 35.5. The van der Waals surface area contributed by atoms with Crippen LogP contribution < -0.4 is 0 Å². The highest BCUT2D eigenvalue weighted by Crippen LogP contribution is 2.32. The first kappa shape index (κ1) is 14.3. The zero-order valence-corrected chi connectivity index (χ0v) is 13.5. The maximum absolute atomic E-state index is 5.92. The molecule has 2 N–H and O–H groups in total. The van der Waals surface area contributed by atoms with Crippen LogP contribution in [0.5, 0.6) is 0 Å². The first-order chi connectivity index (χ1) is 11.3. The molecule has 3 aromatic rings. The van der Waals surface area contributed by atoms with Gasteiger partial charge in [0.05, 0.1) is 29.0 Å². The minimum atomic E-state index is 0.732. The summed E-state index contributed by atoms with van der Waals surface area (Å²) in [4.78, 5) is 11.5. The SMILES string of the molecule is Clc1ccc(N=Cc2[nH]c(-c3ccc[nH]3)c3c2CCCC3)cc1. The Morgan fingerprint density at radius 1 is 1.00 bits per heavy atom. The second-order valence-corrected chi connectivity index (χ2v) is 6.33. The molecule has 0 amide bonds. The van der Waals surface area contributed by atoms with E-state index in [-0.39, 0.29) is 0 Å². The lowest BCUT2D eigenvalue weighted by atomic mass is 9.91.